The maximum Gasteiger partial charge on any atom is 0.407 e. The number of piperazine rings is 1. The van der Waals surface area contributed by atoms with E-state index in [1.54, 1.807) is 15.6 Å². The van der Waals surface area contributed by atoms with Gasteiger partial charge in [-0.3, -0.25) is 4.90 Å². The summed E-state index contributed by atoms with van der Waals surface area (Å²) in [6, 6.07) is 16.5. The standard InChI is InChI=1S/C33H42N8O3/c1-23-8-7-14-39(23)30-12-6-11-29(36-30)35-27-21-26(37-41-15-13-34-31(27)41)24-9-5-10-25(20-24)44-19-18-38-16-17-40(32(42)43)28(22-38)33(2,3)4/h5-6,9-13,15,20-21,23,28H,7-8,14,16-19,22H2,1-4H3,(H,35,36)(H,42,43). The smallest absolute Gasteiger partial charge is 0.407 e. The maximum absolute atomic E-state index is 11.8. The van der Waals surface area contributed by atoms with Gasteiger partial charge in [0.05, 0.1) is 17.4 Å². The number of nitrogens with one attached hydrogen (secondary N) is 1. The minimum absolute atomic E-state index is 0.0643. The van der Waals surface area contributed by atoms with Crippen LogP contribution in [0.4, 0.5) is 22.1 Å². The summed E-state index contributed by atoms with van der Waals surface area (Å²) in [5, 5.41) is 18.0. The van der Waals surface area contributed by atoms with Crippen molar-refractivity contribution in [1.82, 2.24) is 29.4 Å². The Kier molecular flexibility index (Phi) is 8.31. The zero-order valence-corrected chi connectivity index (χ0v) is 26.0. The van der Waals surface area contributed by atoms with Gasteiger partial charge >= 0.3 is 6.09 Å². The normalized spacial score (nSPS) is 19.5. The molecule has 0 radical (unpaired) electrons. The third-order valence-electron chi connectivity index (χ3n) is 8.72. The molecule has 0 spiro atoms. The van der Waals surface area contributed by atoms with Gasteiger partial charge < -0.3 is 25.0 Å². The molecule has 0 aliphatic carbocycles. The SMILES string of the molecule is CC1CCCN1c1cccc(Nc2cc(-c3cccc(OCCN4CCN(C(=O)O)C(C(C)(C)C)C4)c3)nn3ccnc23)n1. The highest BCUT2D eigenvalue weighted by Gasteiger charge is 2.37. The summed E-state index contributed by atoms with van der Waals surface area (Å²) in [4.78, 5) is 27.4. The third-order valence-corrected chi connectivity index (χ3v) is 8.72. The summed E-state index contributed by atoms with van der Waals surface area (Å²) >= 11 is 0. The maximum atomic E-state index is 11.8. The van der Waals surface area contributed by atoms with Crippen LogP contribution in [0.1, 0.15) is 40.5 Å². The molecular formula is C33H42N8O3. The number of rotatable bonds is 8. The fourth-order valence-electron chi connectivity index (χ4n) is 6.26. The number of imidazole rings is 1. The molecule has 2 fully saturated rings. The lowest BCUT2D eigenvalue weighted by Gasteiger charge is -2.45. The van der Waals surface area contributed by atoms with Crippen molar-refractivity contribution in [3.05, 3.63) is 60.9 Å². The number of nitrogens with zero attached hydrogens (tertiary/aromatic N) is 7. The molecule has 2 saturated heterocycles. The second-order valence-corrected chi connectivity index (χ2v) is 12.9. The molecule has 0 bridgehead atoms. The first-order valence-corrected chi connectivity index (χ1v) is 15.5. The van der Waals surface area contributed by atoms with Crippen LogP contribution in [0.5, 0.6) is 5.75 Å². The molecule has 11 heteroatoms. The van der Waals surface area contributed by atoms with E-state index < -0.39 is 6.09 Å². The van der Waals surface area contributed by atoms with E-state index in [9.17, 15) is 9.90 Å². The van der Waals surface area contributed by atoms with Crippen LogP contribution in [0, 0.1) is 5.41 Å². The topological polar surface area (TPSA) is 111 Å². The highest BCUT2D eigenvalue weighted by atomic mass is 16.5. The van der Waals surface area contributed by atoms with Crippen molar-refractivity contribution >= 4 is 29.1 Å². The van der Waals surface area contributed by atoms with Crippen LogP contribution >= 0.6 is 0 Å². The second kappa shape index (κ2) is 12.3. The predicted molar refractivity (Wildman–Crippen MR) is 172 cm³/mol. The minimum atomic E-state index is -0.847. The van der Waals surface area contributed by atoms with Gasteiger partial charge in [-0.15, -0.1) is 0 Å². The van der Waals surface area contributed by atoms with Crippen molar-refractivity contribution < 1.29 is 14.6 Å². The lowest BCUT2D eigenvalue weighted by molar-refractivity contribution is 0.0179. The summed E-state index contributed by atoms with van der Waals surface area (Å²) in [5.41, 5.74) is 3.11. The molecule has 1 aromatic carbocycles. The fourth-order valence-corrected chi connectivity index (χ4v) is 6.26. The molecule has 2 unspecified atom stereocenters. The van der Waals surface area contributed by atoms with Gasteiger partial charge in [0.25, 0.3) is 0 Å². The van der Waals surface area contributed by atoms with Crippen LogP contribution in [0.15, 0.2) is 60.9 Å². The number of anilines is 3. The zero-order chi connectivity index (χ0) is 30.8. The Bertz CT molecular complexity index is 1620. The number of carboxylic acid groups (broad SMARTS) is 1. The molecule has 2 aliphatic rings. The molecule has 4 aromatic rings. The van der Waals surface area contributed by atoms with E-state index in [4.69, 9.17) is 14.8 Å². The van der Waals surface area contributed by atoms with Gasteiger partial charge in [-0.25, -0.2) is 19.3 Å². The molecule has 6 rings (SSSR count). The van der Waals surface area contributed by atoms with Crippen LogP contribution in [0.25, 0.3) is 16.9 Å². The summed E-state index contributed by atoms with van der Waals surface area (Å²) in [7, 11) is 0. The van der Waals surface area contributed by atoms with Crippen molar-refractivity contribution in [3.63, 3.8) is 0 Å². The Morgan fingerprint density at radius 2 is 1.95 bits per heavy atom. The van der Waals surface area contributed by atoms with Crippen LogP contribution in [-0.2, 0) is 0 Å². The average molecular weight is 599 g/mol. The number of fused-ring (bicyclic) bond motifs is 1. The van der Waals surface area contributed by atoms with Crippen molar-refractivity contribution in [2.24, 2.45) is 5.41 Å². The lowest BCUT2D eigenvalue weighted by Crippen LogP contribution is -2.59. The number of hydrogen-bond acceptors (Lipinski definition) is 8. The Hall–Kier alpha value is -4.38. The van der Waals surface area contributed by atoms with E-state index in [0.29, 0.717) is 32.3 Å². The first-order chi connectivity index (χ1) is 21.2. The third kappa shape index (κ3) is 6.42. The minimum Gasteiger partial charge on any atom is -0.492 e. The number of aromatic nitrogens is 4. The summed E-state index contributed by atoms with van der Waals surface area (Å²) in [6.45, 7) is 12.7. The van der Waals surface area contributed by atoms with E-state index in [0.717, 1.165) is 53.1 Å². The molecule has 44 heavy (non-hydrogen) atoms. The summed E-state index contributed by atoms with van der Waals surface area (Å²) in [6.07, 6.45) is 5.11. The number of amides is 1. The van der Waals surface area contributed by atoms with Gasteiger partial charge in [0.15, 0.2) is 5.65 Å². The quantitative estimate of drug-likeness (QED) is 0.267. The largest absolute Gasteiger partial charge is 0.492 e. The molecule has 232 valence electrons. The van der Waals surface area contributed by atoms with Gasteiger partial charge in [0.1, 0.15) is 24.0 Å². The number of hydrogen-bond donors (Lipinski definition) is 2. The second-order valence-electron chi connectivity index (χ2n) is 12.9. The molecule has 0 saturated carbocycles. The van der Waals surface area contributed by atoms with Gasteiger partial charge in [-0.1, -0.05) is 39.0 Å². The Morgan fingerprint density at radius 1 is 1.11 bits per heavy atom. The Balaban J connectivity index is 1.15. The fraction of sp³-hybridized carbons (Fsp3) is 0.455. The molecule has 2 atom stereocenters. The summed E-state index contributed by atoms with van der Waals surface area (Å²) < 4.78 is 7.96. The number of ether oxygens (including phenoxy) is 1. The van der Waals surface area contributed by atoms with Gasteiger partial charge in [0, 0.05) is 56.7 Å². The van der Waals surface area contributed by atoms with Gasteiger partial charge in [-0.05, 0) is 55.5 Å². The van der Waals surface area contributed by atoms with Crippen molar-refractivity contribution in [3.8, 4) is 17.0 Å². The number of carbonyl (C=O) groups is 1. The van der Waals surface area contributed by atoms with Gasteiger partial charge in [-0.2, -0.15) is 5.10 Å². The zero-order valence-electron chi connectivity index (χ0n) is 26.0. The summed E-state index contributed by atoms with van der Waals surface area (Å²) in [5.74, 6) is 2.50. The average Bonchev–Trinajstić information content (AvgIpc) is 3.66. The Morgan fingerprint density at radius 3 is 2.73 bits per heavy atom. The van der Waals surface area contributed by atoms with E-state index in [1.807, 2.05) is 48.7 Å². The molecule has 11 nitrogen and oxygen atoms in total. The molecule has 5 heterocycles. The number of benzene rings is 1. The van der Waals surface area contributed by atoms with Crippen LogP contribution in [-0.4, -0.2) is 92.0 Å². The first kappa shape index (κ1) is 29.7. The highest BCUT2D eigenvalue weighted by molar-refractivity contribution is 5.77. The number of pyridine rings is 1. The monoisotopic (exact) mass is 598 g/mol. The van der Waals surface area contributed by atoms with E-state index >= 15 is 0 Å². The van der Waals surface area contributed by atoms with Crippen LogP contribution in [0.3, 0.4) is 0 Å². The van der Waals surface area contributed by atoms with Crippen molar-refractivity contribution in [2.45, 2.75) is 52.6 Å². The van der Waals surface area contributed by atoms with Crippen molar-refractivity contribution in [2.75, 3.05) is 49.5 Å². The first-order valence-electron chi connectivity index (χ1n) is 15.5. The van der Waals surface area contributed by atoms with E-state index in [-0.39, 0.29) is 11.5 Å². The predicted octanol–water partition coefficient (Wildman–Crippen LogP) is 5.61. The van der Waals surface area contributed by atoms with Crippen LogP contribution in [0.2, 0.25) is 0 Å². The van der Waals surface area contributed by atoms with Crippen LogP contribution < -0.4 is 15.0 Å². The lowest BCUT2D eigenvalue weighted by atomic mass is 9.84. The van der Waals surface area contributed by atoms with Gasteiger partial charge in [0.2, 0.25) is 0 Å². The molecule has 2 N–H and O–H groups in total. The van der Waals surface area contributed by atoms with E-state index in [2.05, 4.69) is 53.9 Å². The van der Waals surface area contributed by atoms with E-state index in [1.165, 1.54) is 12.8 Å². The van der Waals surface area contributed by atoms with Crippen molar-refractivity contribution in [1.29, 1.82) is 0 Å². The highest BCUT2D eigenvalue weighted by Crippen LogP contribution is 2.30. The molecular weight excluding hydrogens is 556 g/mol. The molecule has 2 aliphatic heterocycles. The molecule has 1 amide bonds. The molecule has 3 aromatic heterocycles. The Labute approximate surface area is 258 Å².